The Bertz CT molecular complexity index is 213. The van der Waals surface area contributed by atoms with Crippen LogP contribution in [0.2, 0.25) is 0 Å². The molecule has 14 heavy (non-hydrogen) atoms. The third-order valence-electron chi connectivity index (χ3n) is 3.18. The van der Waals surface area contributed by atoms with Crippen molar-refractivity contribution in [3.05, 3.63) is 0 Å². The summed E-state index contributed by atoms with van der Waals surface area (Å²) in [5, 5.41) is 7.56. The van der Waals surface area contributed by atoms with E-state index >= 15 is 0 Å². The molecule has 0 aromatic heterocycles. The van der Waals surface area contributed by atoms with Gasteiger partial charge in [0.25, 0.3) is 0 Å². The fraction of sp³-hybridized carbons (Fsp3) is 0.900. The number of nitrogens with zero attached hydrogens (tertiary/aromatic N) is 2. The lowest BCUT2D eigenvalue weighted by Crippen LogP contribution is -2.49. The second-order valence-electron chi connectivity index (χ2n) is 4.00. The van der Waals surface area contributed by atoms with Gasteiger partial charge in [-0.05, 0) is 32.9 Å². The molecule has 2 heterocycles. The van der Waals surface area contributed by atoms with Crippen molar-refractivity contribution in [2.75, 3.05) is 26.2 Å². The Labute approximate surface area is 85.2 Å². The van der Waals surface area contributed by atoms with Crippen LogP contribution in [0.5, 0.6) is 0 Å². The molecule has 2 aliphatic rings. The highest BCUT2D eigenvalue weighted by atomic mass is 16.2. The second kappa shape index (κ2) is 4.28. The molecule has 2 fully saturated rings. The predicted octanol–water partition coefficient (Wildman–Crippen LogP) is 0.208. The zero-order chi connectivity index (χ0) is 9.97. The van der Waals surface area contributed by atoms with Gasteiger partial charge in [0.1, 0.15) is 0 Å². The van der Waals surface area contributed by atoms with Crippen molar-refractivity contribution >= 4 is 5.91 Å². The average Bonchev–Trinajstić information content (AvgIpc) is 2.61. The van der Waals surface area contributed by atoms with E-state index in [1.165, 1.54) is 12.8 Å². The van der Waals surface area contributed by atoms with E-state index in [2.05, 4.69) is 17.2 Å². The van der Waals surface area contributed by atoms with E-state index in [-0.39, 0.29) is 0 Å². The Morgan fingerprint density at radius 3 is 2.79 bits per heavy atom. The summed E-state index contributed by atoms with van der Waals surface area (Å²) in [5.41, 5.74) is 0. The Morgan fingerprint density at radius 2 is 2.14 bits per heavy atom. The molecule has 0 aliphatic carbocycles. The number of hydrogen-bond donors (Lipinski definition) is 1. The van der Waals surface area contributed by atoms with Gasteiger partial charge in [0.15, 0.2) is 0 Å². The van der Waals surface area contributed by atoms with Gasteiger partial charge in [-0.15, -0.1) is 0 Å². The topological polar surface area (TPSA) is 35.6 Å². The molecule has 4 nitrogen and oxygen atoms in total. The van der Waals surface area contributed by atoms with E-state index in [0.29, 0.717) is 18.4 Å². The number of piperidine rings is 1. The molecule has 1 amide bonds. The van der Waals surface area contributed by atoms with Gasteiger partial charge < -0.3 is 5.32 Å². The highest BCUT2D eigenvalue weighted by molar-refractivity contribution is 5.77. The first kappa shape index (κ1) is 9.93. The van der Waals surface area contributed by atoms with Crippen LogP contribution in [0.4, 0.5) is 0 Å². The Morgan fingerprint density at radius 1 is 1.43 bits per heavy atom. The molecule has 0 unspecified atom stereocenters. The molecule has 0 bridgehead atoms. The molecular weight excluding hydrogens is 178 g/mol. The van der Waals surface area contributed by atoms with Crippen molar-refractivity contribution in [2.45, 2.75) is 32.2 Å². The molecule has 0 saturated carbocycles. The van der Waals surface area contributed by atoms with Crippen molar-refractivity contribution in [1.82, 2.24) is 15.3 Å². The van der Waals surface area contributed by atoms with Crippen molar-refractivity contribution in [1.29, 1.82) is 0 Å². The lowest BCUT2D eigenvalue weighted by molar-refractivity contribution is -0.141. The molecule has 0 aromatic carbocycles. The Balaban J connectivity index is 1.98. The quantitative estimate of drug-likeness (QED) is 0.687. The number of hydrazine groups is 1. The maximum absolute atomic E-state index is 11.5. The standard InChI is InChI=1S/C10H19N3O/c1-2-12-10(14)5-8-13(12)9-3-6-11-7-4-9/h9,11H,2-8H2,1H3. The fourth-order valence-corrected chi connectivity index (χ4v) is 2.45. The van der Waals surface area contributed by atoms with Crippen molar-refractivity contribution < 1.29 is 4.79 Å². The van der Waals surface area contributed by atoms with Gasteiger partial charge in [0.2, 0.25) is 5.91 Å². The molecule has 80 valence electrons. The van der Waals surface area contributed by atoms with Crippen molar-refractivity contribution in [3.8, 4) is 0 Å². The number of carbonyl (C=O) groups is 1. The highest BCUT2D eigenvalue weighted by Gasteiger charge is 2.33. The fourth-order valence-electron chi connectivity index (χ4n) is 2.45. The first-order chi connectivity index (χ1) is 6.83. The minimum atomic E-state index is 0.297. The van der Waals surface area contributed by atoms with Crippen LogP contribution in [0.25, 0.3) is 0 Å². The summed E-state index contributed by atoms with van der Waals surface area (Å²) in [6.07, 6.45) is 3.05. The molecule has 2 aliphatic heterocycles. The Kier molecular flexibility index (Phi) is 3.03. The van der Waals surface area contributed by atoms with E-state index in [1.807, 2.05) is 5.01 Å². The molecule has 0 atom stereocenters. The summed E-state index contributed by atoms with van der Waals surface area (Å²) in [5.74, 6) is 0.297. The van der Waals surface area contributed by atoms with Crippen molar-refractivity contribution in [2.24, 2.45) is 0 Å². The Hall–Kier alpha value is -0.610. The van der Waals surface area contributed by atoms with Gasteiger partial charge in [-0.3, -0.25) is 9.80 Å². The zero-order valence-corrected chi connectivity index (χ0v) is 8.83. The summed E-state index contributed by atoms with van der Waals surface area (Å²) in [4.78, 5) is 11.5. The number of nitrogens with one attached hydrogen (secondary N) is 1. The van der Waals surface area contributed by atoms with Gasteiger partial charge in [0.05, 0.1) is 0 Å². The molecule has 2 saturated heterocycles. The normalized spacial score (nSPS) is 26.1. The van der Waals surface area contributed by atoms with Crippen molar-refractivity contribution in [3.63, 3.8) is 0 Å². The predicted molar refractivity (Wildman–Crippen MR) is 54.6 cm³/mol. The molecule has 0 spiro atoms. The first-order valence-electron chi connectivity index (χ1n) is 5.60. The van der Waals surface area contributed by atoms with Crippen LogP contribution in [-0.4, -0.2) is 48.1 Å². The van der Waals surface area contributed by atoms with Gasteiger partial charge in [-0.2, -0.15) is 0 Å². The molecule has 0 aromatic rings. The lowest BCUT2D eigenvalue weighted by atomic mass is 10.1. The van der Waals surface area contributed by atoms with Gasteiger partial charge in [0, 0.05) is 25.6 Å². The van der Waals surface area contributed by atoms with Crippen LogP contribution in [0.3, 0.4) is 0 Å². The minimum absolute atomic E-state index is 0.297. The second-order valence-corrected chi connectivity index (χ2v) is 4.00. The molecule has 4 heteroatoms. The van der Waals surface area contributed by atoms with Crippen LogP contribution in [0.15, 0.2) is 0 Å². The third kappa shape index (κ3) is 1.77. The molecule has 0 radical (unpaired) electrons. The van der Waals surface area contributed by atoms with Crippen LogP contribution >= 0.6 is 0 Å². The van der Waals surface area contributed by atoms with E-state index in [1.54, 1.807) is 0 Å². The van der Waals surface area contributed by atoms with Gasteiger partial charge in [-0.25, -0.2) is 5.01 Å². The van der Waals surface area contributed by atoms with Crippen LogP contribution in [-0.2, 0) is 4.79 Å². The SMILES string of the molecule is CCN1C(=O)CCN1C1CCNCC1. The van der Waals surface area contributed by atoms with E-state index in [9.17, 15) is 4.79 Å². The monoisotopic (exact) mass is 197 g/mol. The maximum atomic E-state index is 11.5. The summed E-state index contributed by atoms with van der Waals surface area (Å²) in [6, 6.07) is 0.586. The highest BCUT2D eigenvalue weighted by Crippen LogP contribution is 2.20. The van der Waals surface area contributed by atoms with Crippen LogP contribution in [0, 0.1) is 0 Å². The zero-order valence-electron chi connectivity index (χ0n) is 8.83. The van der Waals surface area contributed by atoms with E-state index in [0.717, 1.165) is 26.2 Å². The first-order valence-corrected chi connectivity index (χ1v) is 5.60. The number of hydrogen-bond acceptors (Lipinski definition) is 3. The summed E-state index contributed by atoms with van der Waals surface area (Å²) >= 11 is 0. The van der Waals surface area contributed by atoms with Gasteiger partial charge in [-0.1, -0.05) is 0 Å². The molecule has 2 rings (SSSR count). The number of carbonyl (C=O) groups excluding carboxylic acids is 1. The summed E-state index contributed by atoms with van der Waals surface area (Å²) in [7, 11) is 0. The molecular formula is C10H19N3O. The lowest BCUT2D eigenvalue weighted by Gasteiger charge is -2.36. The third-order valence-corrected chi connectivity index (χ3v) is 3.18. The number of amides is 1. The van der Waals surface area contributed by atoms with Gasteiger partial charge >= 0.3 is 0 Å². The summed E-state index contributed by atoms with van der Waals surface area (Å²) < 4.78 is 0. The van der Waals surface area contributed by atoms with Crippen LogP contribution < -0.4 is 5.32 Å². The maximum Gasteiger partial charge on any atom is 0.238 e. The smallest absolute Gasteiger partial charge is 0.238 e. The van der Waals surface area contributed by atoms with E-state index in [4.69, 9.17) is 0 Å². The minimum Gasteiger partial charge on any atom is -0.317 e. The largest absolute Gasteiger partial charge is 0.317 e. The average molecular weight is 197 g/mol. The number of rotatable bonds is 2. The molecule has 1 N–H and O–H groups in total. The van der Waals surface area contributed by atoms with Crippen LogP contribution in [0.1, 0.15) is 26.2 Å². The van der Waals surface area contributed by atoms with E-state index < -0.39 is 0 Å². The summed E-state index contributed by atoms with van der Waals surface area (Å²) in [6.45, 7) is 5.98.